The van der Waals surface area contributed by atoms with Gasteiger partial charge in [0, 0.05) is 16.6 Å². The molecule has 1 rings (SSSR count). The second kappa shape index (κ2) is 4.51. The fraction of sp³-hybridized carbons (Fsp3) is 0.818. The number of hydrogen-bond donors (Lipinski definition) is 0. The van der Waals surface area contributed by atoms with Crippen molar-refractivity contribution in [3.05, 3.63) is 12.2 Å². The Morgan fingerprint density at radius 2 is 2.00 bits per heavy atom. The van der Waals surface area contributed by atoms with Crippen LogP contribution in [0.5, 0.6) is 0 Å². The second-order valence-corrected chi connectivity index (χ2v) is 11.9. The molecular weight excluding hydrogens is 224 g/mol. The maximum atomic E-state index is 11.4. The van der Waals surface area contributed by atoms with Crippen molar-refractivity contribution < 1.29 is 8.63 Å². The van der Waals surface area contributed by atoms with Crippen LogP contribution >= 0.6 is 0 Å². The topological polar surface area (TPSA) is 26.3 Å². The Labute approximate surface area is 96.7 Å². The monoisotopic (exact) mass is 246 g/mol. The second-order valence-electron chi connectivity index (χ2n) is 5.62. The molecular formula is C11H22O2SSi. The van der Waals surface area contributed by atoms with Crippen LogP contribution in [0.3, 0.4) is 0 Å². The molecule has 1 aliphatic rings. The zero-order valence-electron chi connectivity index (χ0n) is 10.4. The van der Waals surface area contributed by atoms with E-state index >= 15 is 0 Å². The van der Waals surface area contributed by atoms with Gasteiger partial charge in [0.05, 0.1) is 11.9 Å². The minimum Gasteiger partial charge on any atom is -0.410 e. The van der Waals surface area contributed by atoms with Gasteiger partial charge in [-0.15, -0.1) is 0 Å². The van der Waals surface area contributed by atoms with E-state index in [4.69, 9.17) is 4.43 Å². The zero-order valence-corrected chi connectivity index (χ0v) is 12.2. The Kier molecular flexibility index (Phi) is 3.95. The molecule has 88 valence electrons. The molecule has 1 heterocycles. The van der Waals surface area contributed by atoms with E-state index < -0.39 is 19.1 Å². The number of rotatable bonds is 2. The molecule has 0 aromatic carbocycles. The van der Waals surface area contributed by atoms with Crippen LogP contribution in [-0.4, -0.2) is 30.1 Å². The molecule has 1 aliphatic heterocycles. The first kappa shape index (κ1) is 13.1. The summed E-state index contributed by atoms with van der Waals surface area (Å²) in [6.07, 6.45) is 4.12. The lowest BCUT2D eigenvalue weighted by atomic mass is 10.2. The van der Waals surface area contributed by atoms with Crippen molar-refractivity contribution in [3.8, 4) is 0 Å². The molecule has 0 radical (unpaired) electrons. The van der Waals surface area contributed by atoms with Gasteiger partial charge in [-0.05, 0) is 18.1 Å². The van der Waals surface area contributed by atoms with Gasteiger partial charge in [0.2, 0.25) is 0 Å². The van der Waals surface area contributed by atoms with Gasteiger partial charge in [0.15, 0.2) is 8.32 Å². The average molecular weight is 246 g/mol. The molecule has 0 aliphatic carbocycles. The summed E-state index contributed by atoms with van der Waals surface area (Å²) in [5.74, 6) is 1.36. The standard InChI is InChI=1S/C11H22O2SSi/c1-11(2,3)15(4,5)13-10-7-6-8-14(12)9-10/h6-7,10H,8-9H2,1-5H3. The average Bonchev–Trinajstić information content (AvgIpc) is 2.00. The van der Waals surface area contributed by atoms with Crippen LogP contribution in [0.25, 0.3) is 0 Å². The molecule has 2 unspecified atom stereocenters. The van der Waals surface area contributed by atoms with E-state index in [1.54, 1.807) is 0 Å². The van der Waals surface area contributed by atoms with Crippen LogP contribution in [0.15, 0.2) is 12.2 Å². The van der Waals surface area contributed by atoms with Gasteiger partial charge in [-0.3, -0.25) is 4.21 Å². The lowest BCUT2D eigenvalue weighted by Crippen LogP contribution is -2.45. The van der Waals surface area contributed by atoms with Gasteiger partial charge in [-0.2, -0.15) is 0 Å². The first-order valence-corrected chi connectivity index (χ1v) is 9.81. The quantitative estimate of drug-likeness (QED) is 0.553. The van der Waals surface area contributed by atoms with E-state index in [1.807, 2.05) is 6.08 Å². The van der Waals surface area contributed by atoms with E-state index in [2.05, 4.69) is 39.9 Å². The van der Waals surface area contributed by atoms with Gasteiger partial charge >= 0.3 is 0 Å². The van der Waals surface area contributed by atoms with Crippen LogP contribution in [0.4, 0.5) is 0 Å². The maximum Gasteiger partial charge on any atom is 0.192 e. The summed E-state index contributed by atoms with van der Waals surface area (Å²) in [5.41, 5.74) is 0. The molecule has 0 aromatic heterocycles. The predicted octanol–water partition coefficient (Wildman–Crippen LogP) is 2.70. The summed E-state index contributed by atoms with van der Waals surface area (Å²) in [7, 11) is -2.43. The van der Waals surface area contributed by atoms with Crippen molar-refractivity contribution in [1.29, 1.82) is 0 Å². The Morgan fingerprint density at radius 3 is 2.47 bits per heavy atom. The van der Waals surface area contributed by atoms with E-state index in [-0.39, 0.29) is 11.1 Å². The van der Waals surface area contributed by atoms with Crippen molar-refractivity contribution in [3.63, 3.8) is 0 Å². The lowest BCUT2D eigenvalue weighted by molar-refractivity contribution is 0.245. The summed E-state index contributed by atoms with van der Waals surface area (Å²) in [6, 6.07) is 0. The summed E-state index contributed by atoms with van der Waals surface area (Å²) >= 11 is 0. The summed E-state index contributed by atoms with van der Waals surface area (Å²) in [6.45, 7) is 11.1. The molecule has 0 saturated carbocycles. The van der Waals surface area contributed by atoms with Crippen LogP contribution in [0, 0.1) is 0 Å². The fourth-order valence-corrected chi connectivity index (χ4v) is 3.65. The SMILES string of the molecule is CC(C)(C)[Si](C)(C)OC1C=CCS(=O)C1. The Hall–Kier alpha value is 0.0669. The van der Waals surface area contributed by atoms with Crippen LogP contribution in [0.2, 0.25) is 18.1 Å². The fourth-order valence-electron chi connectivity index (χ4n) is 1.25. The number of hydrogen-bond acceptors (Lipinski definition) is 2. The van der Waals surface area contributed by atoms with Crippen molar-refractivity contribution in [2.75, 3.05) is 11.5 Å². The van der Waals surface area contributed by atoms with Gasteiger partial charge in [-0.25, -0.2) is 0 Å². The van der Waals surface area contributed by atoms with Gasteiger partial charge in [-0.1, -0.05) is 32.9 Å². The first-order chi connectivity index (χ1) is 6.72. The molecule has 15 heavy (non-hydrogen) atoms. The Balaban J connectivity index is 2.65. The summed E-state index contributed by atoms with van der Waals surface area (Å²) < 4.78 is 17.6. The molecule has 4 heteroatoms. The molecule has 0 saturated heterocycles. The molecule has 0 spiro atoms. The molecule has 2 nitrogen and oxygen atoms in total. The van der Waals surface area contributed by atoms with E-state index in [0.717, 1.165) is 0 Å². The van der Waals surface area contributed by atoms with Crippen LogP contribution < -0.4 is 0 Å². The summed E-state index contributed by atoms with van der Waals surface area (Å²) in [5, 5.41) is 0.222. The molecule has 0 aromatic rings. The van der Waals surface area contributed by atoms with Gasteiger partial charge in [0.25, 0.3) is 0 Å². The minimum absolute atomic E-state index is 0.0699. The lowest BCUT2D eigenvalue weighted by Gasteiger charge is -2.39. The van der Waals surface area contributed by atoms with Gasteiger partial charge < -0.3 is 4.43 Å². The van der Waals surface area contributed by atoms with E-state index in [1.165, 1.54) is 0 Å². The summed E-state index contributed by atoms with van der Waals surface area (Å²) in [4.78, 5) is 0. The third-order valence-electron chi connectivity index (χ3n) is 3.24. The Bertz CT molecular complexity index is 279. The molecule has 0 bridgehead atoms. The third-order valence-corrected chi connectivity index (χ3v) is 9.00. The minimum atomic E-state index is -1.71. The smallest absolute Gasteiger partial charge is 0.192 e. The van der Waals surface area contributed by atoms with Crippen molar-refractivity contribution >= 4 is 19.1 Å². The highest BCUT2D eigenvalue weighted by Crippen LogP contribution is 2.37. The third kappa shape index (κ3) is 3.54. The van der Waals surface area contributed by atoms with E-state index in [9.17, 15) is 4.21 Å². The Morgan fingerprint density at radius 1 is 1.40 bits per heavy atom. The van der Waals surface area contributed by atoms with Crippen molar-refractivity contribution in [2.24, 2.45) is 0 Å². The molecule has 0 amide bonds. The highest BCUT2D eigenvalue weighted by molar-refractivity contribution is 7.85. The van der Waals surface area contributed by atoms with Crippen molar-refractivity contribution in [1.82, 2.24) is 0 Å². The highest BCUT2D eigenvalue weighted by atomic mass is 32.2. The molecule has 0 fully saturated rings. The van der Waals surface area contributed by atoms with E-state index in [0.29, 0.717) is 11.5 Å². The van der Waals surface area contributed by atoms with Gasteiger partial charge in [0.1, 0.15) is 0 Å². The predicted molar refractivity (Wildman–Crippen MR) is 69.1 cm³/mol. The maximum absolute atomic E-state index is 11.4. The highest BCUT2D eigenvalue weighted by Gasteiger charge is 2.39. The zero-order chi connectivity index (χ0) is 11.7. The largest absolute Gasteiger partial charge is 0.410 e. The molecule has 0 N–H and O–H groups in total. The normalized spacial score (nSPS) is 28.1. The van der Waals surface area contributed by atoms with Crippen molar-refractivity contribution in [2.45, 2.75) is 45.0 Å². The first-order valence-electron chi connectivity index (χ1n) is 5.42. The van der Waals surface area contributed by atoms with Crippen LogP contribution in [0.1, 0.15) is 20.8 Å². The van der Waals surface area contributed by atoms with Crippen LogP contribution in [-0.2, 0) is 15.2 Å². The molecule has 2 atom stereocenters.